The van der Waals surface area contributed by atoms with E-state index >= 15 is 0 Å². The van der Waals surface area contributed by atoms with E-state index in [1.165, 1.54) is 0 Å². The van der Waals surface area contributed by atoms with Crippen LogP contribution in [-0.2, 0) is 0 Å². The third kappa shape index (κ3) is 3.08. The molecule has 0 bridgehead atoms. The molecule has 0 radical (unpaired) electrons. The molecule has 0 aliphatic carbocycles. The Balaban J connectivity index is 2.87. The highest BCUT2D eigenvalue weighted by Crippen LogP contribution is 2.49. The van der Waals surface area contributed by atoms with Crippen LogP contribution in [0, 0.1) is 7.14 Å². The van der Waals surface area contributed by atoms with Crippen LogP contribution in [0.5, 0.6) is 23.0 Å². The van der Waals surface area contributed by atoms with E-state index in [-0.39, 0.29) is 0 Å². The van der Waals surface area contributed by atoms with Crippen LogP contribution < -0.4 is 18.9 Å². The van der Waals surface area contributed by atoms with Gasteiger partial charge in [-0.2, -0.15) is 0 Å². The van der Waals surface area contributed by atoms with Gasteiger partial charge in [-0.1, -0.05) is 0 Å². The van der Waals surface area contributed by atoms with Gasteiger partial charge in [0.1, 0.15) is 0 Å². The van der Waals surface area contributed by atoms with Crippen LogP contribution in [0.1, 0.15) is 0 Å². The molecule has 0 aliphatic rings. The van der Waals surface area contributed by atoms with Gasteiger partial charge in [0, 0.05) is 18.3 Å². The molecule has 0 spiro atoms. The SMILES string of the molecule is COc1ccc(I)c(-c2c(I)ccc(OC)c2OC)c1OC. The normalized spacial score (nSPS) is 10.3. The Morgan fingerprint density at radius 1 is 0.591 bits per heavy atom. The first kappa shape index (κ1) is 17.5. The van der Waals surface area contributed by atoms with E-state index < -0.39 is 0 Å². The maximum absolute atomic E-state index is 5.60. The highest BCUT2D eigenvalue weighted by molar-refractivity contribution is 14.1. The third-order valence-electron chi connectivity index (χ3n) is 3.24. The second-order valence-electron chi connectivity index (χ2n) is 4.32. The van der Waals surface area contributed by atoms with Gasteiger partial charge in [0.05, 0.1) is 28.4 Å². The van der Waals surface area contributed by atoms with Crippen molar-refractivity contribution in [3.63, 3.8) is 0 Å². The molecular weight excluding hydrogens is 510 g/mol. The van der Waals surface area contributed by atoms with Crippen LogP contribution in [0.2, 0.25) is 0 Å². The predicted molar refractivity (Wildman–Crippen MR) is 104 cm³/mol. The van der Waals surface area contributed by atoms with Crippen molar-refractivity contribution in [2.24, 2.45) is 0 Å². The van der Waals surface area contributed by atoms with Crippen LogP contribution in [0.3, 0.4) is 0 Å². The molecule has 0 saturated heterocycles. The Labute approximate surface area is 157 Å². The fourth-order valence-electron chi connectivity index (χ4n) is 2.27. The smallest absolute Gasteiger partial charge is 0.169 e. The molecule has 0 heterocycles. The van der Waals surface area contributed by atoms with Gasteiger partial charge in [-0.25, -0.2) is 0 Å². The summed E-state index contributed by atoms with van der Waals surface area (Å²) in [5.41, 5.74) is 1.87. The van der Waals surface area contributed by atoms with E-state index in [0.29, 0.717) is 23.0 Å². The summed E-state index contributed by atoms with van der Waals surface area (Å²) in [6.45, 7) is 0. The zero-order valence-electron chi connectivity index (χ0n) is 12.7. The summed E-state index contributed by atoms with van der Waals surface area (Å²) in [5, 5.41) is 0. The van der Waals surface area contributed by atoms with Crippen LogP contribution >= 0.6 is 45.2 Å². The zero-order valence-corrected chi connectivity index (χ0v) is 17.0. The lowest BCUT2D eigenvalue weighted by Crippen LogP contribution is -2.00. The van der Waals surface area contributed by atoms with Crippen molar-refractivity contribution >= 4 is 45.2 Å². The van der Waals surface area contributed by atoms with E-state index in [4.69, 9.17) is 18.9 Å². The lowest BCUT2D eigenvalue weighted by atomic mass is 10.0. The lowest BCUT2D eigenvalue weighted by molar-refractivity contribution is 0.351. The molecule has 0 fully saturated rings. The number of halogens is 2. The minimum atomic E-state index is 0.679. The molecule has 2 rings (SSSR count). The second kappa shape index (κ2) is 7.58. The monoisotopic (exact) mass is 526 g/mol. The molecule has 22 heavy (non-hydrogen) atoms. The predicted octanol–water partition coefficient (Wildman–Crippen LogP) is 4.60. The van der Waals surface area contributed by atoms with Crippen molar-refractivity contribution in [3.05, 3.63) is 31.4 Å². The Hall–Kier alpha value is -0.900. The molecule has 118 valence electrons. The lowest BCUT2D eigenvalue weighted by Gasteiger charge is -2.19. The molecule has 2 aromatic carbocycles. The summed E-state index contributed by atoms with van der Waals surface area (Å²) in [6, 6.07) is 7.77. The van der Waals surface area contributed by atoms with Crippen molar-refractivity contribution in [2.75, 3.05) is 28.4 Å². The highest BCUT2D eigenvalue weighted by atomic mass is 127. The minimum Gasteiger partial charge on any atom is -0.493 e. The molecular formula is C16H16I2O4. The van der Waals surface area contributed by atoms with Crippen LogP contribution in [0.4, 0.5) is 0 Å². The third-order valence-corrected chi connectivity index (χ3v) is 5.04. The summed E-state index contributed by atoms with van der Waals surface area (Å²) in [5.74, 6) is 2.72. The highest BCUT2D eigenvalue weighted by Gasteiger charge is 2.23. The van der Waals surface area contributed by atoms with Gasteiger partial charge in [0.15, 0.2) is 23.0 Å². The maximum Gasteiger partial charge on any atom is 0.169 e. The molecule has 6 heteroatoms. The number of rotatable bonds is 5. The molecule has 0 N–H and O–H groups in total. The minimum absolute atomic E-state index is 0.679. The molecule has 0 saturated carbocycles. The van der Waals surface area contributed by atoms with Crippen LogP contribution in [-0.4, -0.2) is 28.4 Å². The Kier molecular flexibility index (Phi) is 6.01. The average molecular weight is 526 g/mol. The van der Waals surface area contributed by atoms with E-state index in [1.807, 2.05) is 24.3 Å². The van der Waals surface area contributed by atoms with E-state index in [2.05, 4.69) is 45.2 Å². The first-order valence-corrected chi connectivity index (χ1v) is 8.56. The van der Waals surface area contributed by atoms with Gasteiger partial charge in [-0.15, -0.1) is 0 Å². The Bertz CT molecular complexity index is 627. The number of hydrogen-bond acceptors (Lipinski definition) is 4. The first-order chi connectivity index (χ1) is 10.6. The van der Waals surface area contributed by atoms with Gasteiger partial charge < -0.3 is 18.9 Å². The Morgan fingerprint density at radius 3 is 1.23 bits per heavy atom. The van der Waals surface area contributed by atoms with E-state index in [0.717, 1.165) is 18.3 Å². The van der Waals surface area contributed by atoms with Crippen molar-refractivity contribution in [2.45, 2.75) is 0 Å². The van der Waals surface area contributed by atoms with E-state index in [9.17, 15) is 0 Å². The average Bonchev–Trinajstić information content (AvgIpc) is 2.54. The first-order valence-electron chi connectivity index (χ1n) is 6.40. The quantitative estimate of drug-likeness (QED) is 0.535. The summed E-state index contributed by atoms with van der Waals surface area (Å²) < 4.78 is 24.1. The number of benzene rings is 2. The number of methoxy groups -OCH3 is 4. The standard InChI is InChI=1S/C16H16I2O4/c1-19-11-7-5-9(17)13(15(11)21-3)14-10(18)6-8-12(20-2)16(14)22-4/h5-8H,1-4H3. The maximum atomic E-state index is 5.60. The van der Waals surface area contributed by atoms with Gasteiger partial charge in [-0.05, 0) is 69.4 Å². The van der Waals surface area contributed by atoms with Gasteiger partial charge >= 0.3 is 0 Å². The second-order valence-corrected chi connectivity index (χ2v) is 6.64. The molecule has 2 aromatic rings. The summed E-state index contributed by atoms with van der Waals surface area (Å²) in [7, 11) is 6.53. The molecule has 0 amide bonds. The molecule has 0 aliphatic heterocycles. The largest absolute Gasteiger partial charge is 0.493 e. The molecule has 0 atom stereocenters. The van der Waals surface area contributed by atoms with Crippen molar-refractivity contribution < 1.29 is 18.9 Å². The molecule has 4 nitrogen and oxygen atoms in total. The van der Waals surface area contributed by atoms with Gasteiger partial charge in [0.25, 0.3) is 0 Å². The van der Waals surface area contributed by atoms with Crippen LogP contribution in [0.15, 0.2) is 24.3 Å². The number of hydrogen-bond donors (Lipinski definition) is 0. The van der Waals surface area contributed by atoms with Crippen LogP contribution in [0.25, 0.3) is 11.1 Å². The fourth-order valence-corrected chi connectivity index (χ4v) is 3.66. The molecule has 0 unspecified atom stereocenters. The van der Waals surface area contributed by atoms with Crippen molar-refractivity contribution in [3.8, 4) is 34.1 Å². The summed E-state index contributed by atoms with van der Waals surface area (Å²) in [4.78, 5) is 0. The van der Waals surface area contributed by atoms with Gasteiger partial charge in [-0.3, -0.25) is 0 Å². The van der Waals surface area contributed by atoms with Crippen molar-refractivity contribution in [1.29, 1.82) is 0 Å². The molecule has 0 aromatic heterocycles. The zero-order chi connectivity index (χ0) is 16.3. The summed E-state index contributed by atoms with van der Waals surface area (Å²) >= 11 is 4.57. The fraction of sp³-hybridized carbons (Fsp3) is 0.250. The van der Waals surface area contributed by atoms with Gasteiger partial charge in [0.2, 0.25) is 0 Å². The topological polar surface area (TPSA) is 36.9 Å². The summed E-state index contributed by atoms with van der Waals surface area (Å²) in [6.07, 6.45) is 0. The van der Waals surface area contributed by atoms with E-state index in [1.54, 1.807) is 28.4 Å². The Morgan fingerprint density at radius 2 is 0.955 bits per heavy atom. The van der Waals surface area contributed by atoms with Crippen molar-refractivity contribution in [1.82, 2.24) is 0 Å². The number of ether oxygens (including phenoxy) is 4.